The van der Waals surface area contributed by atoms with Crippen molar-refractivity contribution < 1.29 is 8.85 Å². The summed E-state index contributed by atoms with van der Waals surface area (Å²) in [6.45, 7) is 23.5. The third-order valence-corrected chi connectivity index (χ3v) is 18.2. The van der Waals surface area contributed by atoms with Gasteiger partial charge in [-0.15, -0.1) is 0 Å². The molecule has 2 atom stereocenters. The van der Waals surface area contributed by atoms with Gasteiger partial charge >= 0.3 is 0 Å². The number of hydrogen-bond acceptors (Lipinski definition) is 2. The summed E-state index contributed by atoms with van der Waals surface area (Å²) >= 11 is 0. The van der Waals surface area contributed by atoms with Crippen molar-refractivity contribution in [3.8, 4) is 0 Å². The van der Waals surface area contributed by atoms with E-state index in [0.29, 0.717) is 0 Å². The maximum absolute atomic E-state index is 7.35. The van der Waals surface area contributed by atoms with E-state index in [1.54, 1.807) is 0 Å². The van der Waals surface area contributed by atoms with Crippen molar-refractivity contribution in [2.75, 3.05) is 0 Å². The molecular formula is C32H46O2Si2. The molecule has 4 heteroatoms. The fourth-order valence-corrected chi connectivity index (χ4v) is 7.98. The van der Waals surface area contributed by atoms with E-state index in [2.05, 4.69) is 141 Å². The molecule has 0 aromatic heterocycles. The fraction of sp³-hybridized carbons (Fsp3) is 0.500. The highest BCUT2D eigenvalue weighted by molar-refractivity contribution is 6.74. The fourth-order valence-electron chi connectivity index (χ4n) is 4.99. The van der Waals surface area contributed by atoms with E-state index < -0.39 is 27.8 Å². The molecule has 0 spiro atoms. The molecule has 2 nitrogen and oxygen atoms in total. The predicted octanol–water partition coefficient (Wildman–Crippen LogP) is 9.65. The maximum Gasteiger partial charge on any atom is 0.193 e. The van der Waals surface area contributed by atoms with Crippen LogP contribution in [0.1, 0.15) is 76.6 Å². The van der Waals surface area contributed by atoms with E-state index in [4.69, 9.17) is 8.85 Å². The standard InChI is InChI=1S/C32H46O2Si2/c1-29(2,3)35(7,8)33-31(21-19-25-15-11-13-17-27(25)31)23-24-32(34-36(9,10)30(4,5)6)22-20-26-16-12-14-18-28(26)32/h11-22H,23-24H2,1-10H3. The molecule has 36 heavy (non-hydrogen) atoms. The molecule has 0 fully saturated rings. The van der Waals surface area contributed by atoms with Gasteiger partial charge in [0, 0.05) is 0 Å². The van der Waals surface area contributed by atoms with E-state index in [1.165, 1.54) is 22.3 Å². The zero-order chi connectivity index (χ0) is 26.6. The van der Waals surface area contributed by atoms with Crippen molar-refractivity contribution in [3.05, 3.63) is 82.9 Å². The number of rotatable bonds is 7. The Morgan fingerprint density at radius 3 is 1.25 bits per heavy atom. The summed E-state index contributed by atoms with van der Waals surface area (Å²) in [6.07, 6.45) is 11.0. The SMILES string of the molecule is CC(C)(C)[Si](C)(C)OC1(CCC2(O[Si](C)(C)C(C)(C)C)C=Cc3ccccc32)C=Cc2ccccc21. The van der Waals surface area contributed by atoms with E-state index in [1.807, 2.05) is 0 Å². The van der Waals surface area contributed by atoms with Crippen molar-refractivity contribution in [1.82, 2.24) is 0 Å². The molecule has 0 saturated carbocycles. The molecule has 2 aromatic carbocycles. The third kappa shape index (κ3) is 4.78. The van der Waals surface area contributed by atoms with Gasteiger partial charge in [0.15, 0.2) is 16.6 Å². The summed E-state index contributed by atoms with van der Waals surface area (Å²) in [5.41, 5.74) is 4.28. The van der Waals surface area contributed by atoms with Gasteiger partial charge in [-0.1, -0.05) is 102 Å². The molecule has 194 valence electrons. The lowest BCUT2D eigenvalue weighted by molar-refractivity contribution is 0.0406. The second-order valence-electron chi connectivity index (χ2n) is 13.8. The third-order valence-electron chi connectivity index (χ3n) is 9.25. The topological polar surface area (TPSA) is 18.5 Å². The highest BCUT2D eigenvalue weighted by atomic mass is 28.4. The van der Waals surface area contributed by atoms with Crippen LogP contribution in [0.4, 0.5) is 0 Å². The van der Waals surface area contributed by atoms with Gasteiger partial charge < -0.3 is 8.85 Å². The van der Waals surface area contributed by atoms with Crippen LogP contribution in [0.15, 0.2) is 60.7 Å². The average Bonchev–Trinajstić information content (AvgIpc) is 3.30. The van der Waals surface area contributed by atoms with Crippen LogP contribution in [0.25, 0.3) is 12.2 Å². The minimum Gasteiger partial charge on any atom is -0.404 e. The summed E-state index contributed by atoms with van der Waals surface area (Å²) in [4.78, 5) is 0. The van der Waals surface area contributed by atoms with Crippen molar-refractivity contribution in [3.63, 3.8) is 0 Å². The van der Waals surface area contributed by atoms with Gasteiger partial charge in [-0.3, -0.25) is 0 Å². The lowest BCUT2D eigenvalue weighted by atomic mass is 9.83. The zero-order valence-electron chi connectivity index (χ0n) is 24.2. The van der Waals surface area contributed by atoms with Crippen LogP contribution in [0.5, 0.6) is 0 Å². The quantitative estimate of drug-likeness (QED) is 0.340. The van der Waals surface area contributed by atoms with Gasteiger partial charge in [0.25, 0.3) is 0 Å². The number of hydrogen-bond donors (Lipinski definition) is 0. The first-order chi connectivity index (χ1) is 16.5. The maximum atomic E-state index is 7.35. The van der Waals surface area contributed by atoms with E-state index in [9.17, 15) is 0 Å². The van der Waals surface area contributed by atoms with Crippen molar-refractivity contribution in [2.45, 2.75) is 102 Å². The van der Waals surface area contributed by atoms with Gasteiger partial charge in [-0.05, 0) is 83.5 Å². The molecule has 0 amide bonds. The summed E-state index contributed by atoms with van der Waals surface area (Å²) in [5.74, 6) is 0. The molecule has 0 bridgehead atoms. The Bertz CT molecular complexity index is 1090. The minimum atomic E-state index is -2.06. The normalized spacial score (nSPS) is 23.7. The van der Waals surface area contributed by atoms with Crippen molar-refractivity contribution >= 4 is 28.8 Å². The summed E-state index contributed by atoms with van der Waals surface area (Å²) < 4.78 is 14.7. The minimum absolute atomic E-state index is 0.126. The number of fused-ring (bicyclic) bond motifs is 2. The van der Waals surface area contributed by atoms with Crippen LogP contribution < -0.4 is 0 Å². The molecule has 0 saturated heterocycles. The summed E-state index contributed by atoms with van der Waals surface area (Å²) in [6, 6.07) is 17.5. The van der Waals surface area contributed by atoms with Crippen LogP contribution in [0, 0.1) is 0 Å². The Morgan fingerprint density at radius 2 is 0.917 bits per heavy atom. The molecule has 4 rings (SSSR count). The van der Waals surface area contributed by atoms with Gasteiger partial charge in [-0.25, -0.2) is 0 Å². The van der Waals surface area contributed by atoms with E-state index in [0.717, 1.165) is 12.8 Å². The second-order valence-corrected chi connectivity index (χ2v) is 23.3. The van der Waals surface area contributed by atoms with Gasteiger partial charge in [-0.2, -0.15) is 0 Å². The van der Waals surface area contributed by atoms with Crippen LogP contribution in [-0.4, -0.2) is 16.6 Å². The molecule has 0 heterocycles. The molecule has 0 radical (unpaired) electrons. The Kier molecular flexibility index (Phi) is 6.78. The summed E-state index contributed by atoms with van der Waals surface area (Å²) in [7, 11) is -4.12. The van der Waals surface area contributed by atoms with Gasteiger partial charge in [0.2, 0.25) is 0 Å². The lowest BCUT2D eigenvalue weighted by Crippen LogP contribution is -2.50. The molecule has 2 unspecified atom stereocenters. The molecule has 2 aromatic rings. The zero-order valence-corrected chi connectivity index (χ0v) is 26.2. The first kappa shape index (κ1) is 27.3. The Morgan fingerprint density at radius 1 is 0.583 bits per heavy atom. The van der Waals surface area contributed by atoms with Crippen LogP contribution in [-0.2, 0) is 20.1 Å². The second kappa shape index (κ2) is 8.94. The highest BCUT2D eigenvalue weighted by Gasteiger charge is 2.50. The highest BCUT2D eigenvalue weighted by Crippen LogP contribution is 2.52. The molecule has 2 aliphatic rings. The largest absolute Gasteiger partial charge is 0.404 e. The first-order valence-electron chi connectivity index (χ1n) is 13.5. The van der Waals surface area contributed by atoms with E-state index in [-0.39, 0.29) is 10.1 Å². The lowest BCUT2D eigenvalue weighted by Gasteiger charge is -2.47. The Hall–Kier alpha value is -1.73. The molecular weight excluding hydrogens is 473 g/mol. The Labute approximate surface area is 222 Å². The smallest absolute Gasteiger partial charge is 0.193 e. The molecule has 2 aliphatic carbocycles. The van der Waals surface area contributed by atoms with Crippen LogP contribution in [0.2, 0.25) is 36.3 Å². The van der Waals surface area contributed by atoms with Crippen LogP contribution in [0.3, 0.4) is 0 Å². The monoisotopic (exact) mass is 518 g/mol. The van der Waals surface area contributed by atoms with Crippen molar-refractivity contribution in [2.24, 2.45) is 0 Å². The van der Waals surface area contributed by atoms with Crippen molar-refractivity contribution in [1.29, 1.82) is 0 Å². The van der Waals surface area contributed by atoms with Gasteiger partial charge in [0.05, 0.1) is 0 Å². The number of benzene rings is 2. The molecule has 0 aliphatic heterocycles. The average molecular weight is 519 g/mol. The van der Waals surface area contributed by atoms with E-state index >= 15 is 0 Å². The summed E-state index contributed by atoms with van der Waals surface area (Å²) in [5, 5.41) is 0.251. The predicted molar refractivity (Wildman–Crippen MR) is 160 cm³/mol. The molecule has 0 N–H and O–H groups in total. The van der Waals surface area contributed by atoms with Crippen LogP contribution >= 0.6 is 0 Å². The Balaban J connectivity index is 1.77. The first-order valence-corrected chi connectivity index (χ1v) is 19.3. The van der Waals surface area contributed by atoms with Gasteiger partial charge in [0.1, 0.15) is 11.2 Å².